The summed E-state index contributed by atoms with van der Waals surface area (Å²) in [7, 11) is 3.33. The number of rotatable bonds is 8. The number of urea groups is 1. The first-order chi connectivity index (χ1) is 9.75. The number of amides is 3. The molecular formula is C14H25N3O4. The van der Waals surface area contributed by atoms with Gasteiger partial charge in [0.15, 0.2) is 0 Å². The van der Waals surface area contributed by atoms with Gasteiger partial charge in [0.05, 0.1) is 6.54 Å². The van der Waals surface area contributed by atoms with Crippen molar-refractivity contribution in [1.29, 1.82) is 0 Å². The molecule has 0 aliphatic carbocycles. The molecule has 0 aliphatic rings. The monoisotopic (exact) mass is 299 g/mol. The fraction of sp³-hybridized carbons (Fsp3) is 0.643. The highest BCUT2D eigenvalue weighted by Gasteiger charge is 2.14. The molecule has 120 valence electrons. The maximum atomic E-state index is 12.0. The normalized spacial score (nSPS) is 9.71. The molecule has 0 aromatic heterocycles. The first kappa shape index (κ1) is 18.9. The Hall–Kier alpha value is -2.05. The van der Waals surface area contributed by atoms with Gasteiger partial charge in [0.25, 0.3) is 0 Å². The maximum absolute atomic E-state index is 12.0. The summed E-state index contributed by atoms with van der Waals surface area (Å²) in [6.45, 7) is 8.02. The highest BCUT2D eigenvalue weighted by Crippen LogP contribution is 1.97. The highest BCUT2D eigenvalue weighted by molar-refractivity contribution is 5.86. The van der Waals surface area contributed by atoms with Crippen LogP contribution >= 0.6 is 0 Å². The Morgan fingerprint density at radius 3 is 2.19 bits per heavy atom. The summed E-state index contributed by atoms with van der Waals surface area (Å²) in [5, 5.41) is 2.67. The Morgan fingerprint density at radius 2 is 1.67 bits per heavy atom. The van der Waals surface area contributed by atoms with Gasteiger partial charge in [0.2, 0.25) is 5.91 Å². The first-order valence-electron chi connectivity index (χ1n) is 6.79. The van der Waals surface area contributed by atoms with Crippen molar-refractivity contribution in [2.24, 2.45) is 0 Å². The Labute approximate surface area is 125 Å². The molecule has 1 N–H and O–H groups in total. The van der Waals surface area contributed by atoms with Crippen molar-refractivity contribution in [3.8, 4) is 0 Å². The minimum atomic E-state index is -0.459. The number of carbonyl (C=O) groups excluding carboxylic acids is 3. The van der Waals surface area contributed by atoms with Crippen LogP contribution < -0.4 is 5.32 Å². The zero-order valence-corrected chi connectivity index (χ0v) is 13.3. The molecular weight excluding hydrogens is 274 g/mol. The lowest BCUT2D eigenvalue weighted by Crippen LogP contribution is -2.41. The van der Waals surface area contributed by atoms with Crippen LogP contribution in [-0.2, 0) is 14.3 Å². The maximum Gasteiger partial charge on any atom is 0.333 e. The van der Waals surface area contributed by atoms with E-state index in [1.54, 1.807) is 25.9 Å². The predicted molar refractivity (Wildman–Crippen MR) is 79.7 cm³/mol. The summed E-state index contributed by atoms with van der Waals surface area (Å²) in [5.41, 5.74) is 0.332. The predicted octanol–water partition coefficient (Wildman–Crippen LogP) is 0.615. The van der Waals surface area contributed by atoms with Crippen molar-refractivity contribution in [2.45, 2.75) is 20.3 Å². The van der Waals surface area contributed by atoms with E-state index in [-0.39, 0.29) is 18.5 Å². The molecule has 0 bridgehead atoms. The van der Waals surface area contributed by atoms with E-state index in [9.17, 15) is 14.4 Å². The van der Waals surface area contributed by atoms with Gasteiger partial charge >= 0.3 is 12.0 Å². The van der Waals surface area contributed by atoms with Gasteiger partial charge in [-0.05, 0) is 13.3 Å². The van der Waals surface area contributed by atoms with Gasteiger partial charge in [-0.1, -0.05) is 6.58 Å². The average molecular weight is 299 g/mol. The van der Waals surface area contributed by atoms with Crippen LogP contribution in [0.5, 0.6) is 0 Å². The summed E-state index contributed by atoms with van der Waals surface area (Å²) >= 11 is 0. The van der Waals surface area contributed by atoms with Crippen LogP contribution in [-0.4, -0.2) is 68.0 Å². The lowest BCUT2D eigenvalue weighted by atomic mass is 10.4. The average Bonchev–Trinajstić information content (AvgIpc) is 2.41. The molecule has 21 heavy (non-hydrogen) atoms. The summed E-state index contributed by atoms with van der Waals surface area (Å²) in [6, 6.07) is -0.163. The van der Waals surface area contributed by atoms with E-state index in [4.69, 9.17) is 4.74 Å². The van der Waals surface area contributed by atoms with Crippen LogP contribution in [0.2, 0.25) is 0 Å². The summed E-state index contributed by atoms with van der Waals surface area (Å²) in [4.78, 5) is 36.9. The molecule has 7 nitrogen and oxygen atoms in total. The van der Waals surface area contributed by atoms with E-state index in [2.05, 4.69) is 11.9 Å². The topological polar surface area (TPSA) is 79.0 Å². The van der Waals surface area contributed by atoms with Crippen LogP contribution in [0.1, 0.15) is 20.3 Å². The zero-order valence-electron chi connectivity index (χ0n) is 13.3. The van der Waals surface area contributed by atoms with E-state index >= 15 is 0 Å². The fourth-order valence-corrected chi connectivity index (χ4v) is 1.46. The first-order valence-corrected chi connectivity index (χ1v) is 6.79. The van der Waals surface area contributed by atoms with Crippen molar-refractivity contribution in [3.63, 3.8) is 0 Å². The fourth-order valence-electron chi connectivity index (χ4n) is 1.46. The minimum Gasteiger partial charge on any atom is -0.460 e. The van der Waals surface area contributed by atoms with Crippen LogP contribution in [0.15, 0.2) is 12.2 Å². The molecule has 0 atom stereocenters. The number of hydrogen-bond donors (Lipinski definition) is 1. The lowest BCUT2D eigenvalue weighted by Gasteiger charge is -2.24. The largest absolute Gasteiger partial charge is 0.460 e. The van der Waals surface area contributed by atoms with E-state index in [1.165, 1.54) is 11.8 Å². The summed E-state index contributed by atoms with van der Waals surface area (Å²) in [6.07, 6.45) is 0.681. The smallest absolute Gasteiger partial charge is 0.333 e. The summed E-state index contributed by atoms with van der Waals surface area (Å²) < 4.78 is 4.93. The quantitative estimate of drug-likeness (QED) is 0.405. The Balaban J connectivity index is 3.93. The van der Waals surface area contributed by atoms with Gasteiger partial charge in [0, 0.05) is 39.7 Å². The third kappa shape index (κ3) is 8.67. The van der Waals surface area contributed by atoms with Crippen molar-refractivity contribution < 1.29 is 19.1 Å². The number of likely N-dealkylation sites (N-methyl/N-ethyl adjacent to an activating group) is 1. The SMILES string of the molecule is C=C(C)C(=O)OCCN(C)C(=O)N(C)CCCNC(C)=O. The van der Waals surface area contributed by atoms with Crippen molar-refractivity contribution in [3.05, 3.63) is 12.2 Å². The number of nitrogens with one attached hydrogen (secondary N) is 1. The highest BCUT2D eigenvalue weighted by atomic mass is 16.5. The number of hydrogen-bond acceptors (Lipinski definition) is 4. The molecule has 0 rings (SSSR count). The number of nitrogens with zero attached hydrogens (tertiary/aromatic N) is 2. The Bertz CT molecular complexity index is 396. The van der Waals surface area contributed by atoms with Crippen LogP contribution in [0.4, 0.5) is 4.79 Å². The van der Waals surface area contributed by atoms with Gasteiger partial charge in [-0.3, -0.25) is 4.79 Å². The second-order valence-electron chi connectivity index (χ2n) is 4.88. The molecule has 0 aromatic rings. The molecule has 0 saturated carbocycles. The molecule has 0 saturated heterocycles. The molecule has 0 spiro atoms. The van der Waals surface area contributed by atoms with E-state index in [0.717, 1.165) is 0 Å². The van der Waals surface area contributed by atoms with Gasteiger partial charge in [-0.15, -0.1) is 0 Å². The van der Waals surface area contributed by atoms with Gasteiger partial charge in [0.1, 0.15) is 6.61 Å². The molecule has 0 radical (unpaired) electrons. The second-order valence-corrected chi connectivity index (χ2v) is 4.88. The van der Waals surface area contributed by atoms with Gasteiger partial charge in [-0.2, -0.15) is 0 Å². The van der Waals surface area contributed by atoms with Crippen molar-refractivity contribution >= 4 is 17.9 Å². The van der Waals surface area contributed by atoms with Crippen LogP contribution in [0, 0.1) is 0 Å². The molecule has 3 amide bonds. The molecule has 0 fully saturated rings. The van der Waals surface area contributed by atoms with Crippen molar-refractivity contribution in [1.82, 2.24) is 15.1 Å². The third-order valence-electron chi connectivity index (χ3n) is 2.71. The van der Waals surface area contributed by atoms with E-state index < -0.39 is 5.97 Å². The van der Waals surface area contributed by atoms with Crippen LogP contribution in [0.3, 0.4) is 0 Å². The Morgan fingerprint density at radius 1 is 1.10 bits per heavy atom. The Kier molecular flexibility index (Phi) is 8.84. The van der Waals surface area contributed by atoms with E-state index in [1.807, 2.05) is 0 Å². The van der Waals surface area contributed by atoms with Crippen LogP contribution in [0.25, 0.3) is 0 Å². The van der Waals surface area contributed by atoms with Gasteiger partial charge < -0.3 is 19.9 Å². The number of carbonyl (C=O) groups is 3. The number of esters is 1. The lowest BCUT2D eigenvalue weighted by molar-refractivity contribution is -0.139. The summed E-state index contributed by atoms with van der Waals surface area (Å²) in [5.74, 6) is -0.542. The second kappa shape index (κ2) is 9.79. The molecule has 7 heteroatoms. The number of ether oxygens (including phenoxy) is 1. The zero-order chi connectivity index (χ0) is 16.4. The standard InChI is InChI=1S/C14H25N3O4/c1-11(2)13(19)21-10-9-17(5)14(20)16(4)8-6-7-15-12(3)18/h1,6-10H2,2-5H3,(H,15,18). The molecule has 0 heterocycles. The van der Waals surface area contributed by atoms with Crippen molar-refractivity contribution in [2.75, 3.05) is 40.3 Å². The minimum absolute atomic E-state index is 0.0829. The van der Waals surface area contributed by atoms with E-state index in [0.29, 0.717) is 31.6 Å². The molecule has 0 aromatic carbocycles. The molecule has 0 unspecified atom stereocenters. The molecule has 0 aliphatic heterocycles. The van der Waals surface area contributed by atoms with Gasteiger partial charge in [-0.25, -0.2) is 9.59 Å². The third-order valence-corrected chi connectivity index (χ3v) is 2.71.